The third-order valence-corrected chi connectivity index (χ3v) is 3.91. The van der Waals surface area contributed by atoms with Gasteiger partial charge in [0.05, 0.1) is 17.7 Å². The zero-order chi connectivity index (χ0) is 17.9. The molecule has 0 aliphatic heterocycles. The van der Waals surface area contributed by atoms with Crippen molar-refractivity contribution < 1.29 is 9.90 Å². The predicted octanol–water partition coefficient (Wildman–Crippen LogP) is 3.93. The van der Waals surface area contributed by atoms with Gasteiger partial charge in [-0.15, -0.1) is 0 Å². The number of carbonyl (C=O) groups is 1. The van der Waals surface area contributed by atoms with Gasteiger partial charge in [-0.05, 0) is 44.9 Å². The molecular formula is C20H21N2O2-. The molecular weight excluding hydrogens is 300 g/mol. The number of carbonyl (C=O) groups excluding carboxylic acids is 1. The number of carboxylic acid groups (broad SMARTS) is 1. The van der Waals surface area contributed by atoms with E-state index in [2.05, 4.69) is 6.07 Å². The van der Waals surface area contributed by atoms with Gasteiger partial charge in [0.15, 0.2) is 0 Å². The number of para-hydroxylation sites is 1. The average Bonchev–Trinajstić information content (AvgIpc) is 2.53. The molecule has 0 aliphatic rings. The highest BCUT2D eigenvalue weighted by Gasteiger charge is 2.26. The normalized spacial score (nSPS) is 12.3. The van der Waals surface area contributed by atoms with E-state index in [-0.39, 0.29) is 5.92 Å². The summed E-state index contributed by atoms with van der Waals surface area (Å²) in [6, 6.07) is 17.2. The van der Waals surface area contributed by atoms with Crippen LogP contribution in [0.4, 0.5) is 10.5 Å². The van der Waals surface area contributed by atoms with Crippen molar-refractivity contribution in [3.8, 4) is 17.2 Å². The maximum absolute atomic E-state index is 11.8. The molecule has 0 radical (unpaired) electrons. The number of anilines is 1. The predicted molar refractivity (Wildman–Crippen MR) is 93.5 cm³/mol. The highest BCUT2D eigenvalue weighted by Crippen LogP contribution is 2.37. The van der Waals surface area contributed by atoms with Gasteiger partial charge in [-0.3, -0.25) is 0 Å². The molecule has 2 aromatic carbocycles. The molecule has 0 saturated heterocycles. The quantitative estimate of drug-likeness (QED) is 0.860. The summed E-state index contributed by atoms with van der Waals surface area (Å²) < 4.78 is 0. The highest BCUT2D eigenvalue weighted by atomic mass is 16.4. The number of hydrogen-bond acceptors (Lipinski definition) is 3. The lowest BCUT2D eigenvalue weighted by molar-refractivity contribution is -0.247. The fourth-order valence-electron chi connectivity index (χ4n) is 2.82. The molecule has 0 saturated carbocycles. The molecule has 1 amide bonds. The van der Waals surface area contributed by atoms with Gasteiger partial charge in [0.2, 0.25) is 0 Å². The first-order valence-corrected chi connectivity index (χ1v) is 7.86. The minimum absolute atomic E-state index is 0.291. The lowest BCUT2D eigenvalue weighted by atomic mass is 9.90. The smallest absolute Gasteiger partial charge is 0.142 e. The van der Waals surface area contributed by atoms with Gasteiger partial charge < -0.3 is 14.8 Å². The van der Waals surface area contributed by atoms with Crippen LogP contribution in [0.5, 0.6) is 0 Å². The molecule has 0 aliphatic carbocycles. The maximum atomic E-state index is 11.8. The highest BCUT2D eigenvalue weighted by molar-refractivity contribution is 5.93. The third kappa shape index (κ3) is 3.41. The molecule has 2 rings (SSSR count). The fraction of sp³-hybridized carbons (Fsp3) is 0.300. The van der Waals surface area contributed by atoms with Crippen LogP contribution in [0.2, 0.25) is 0 Å². The SMILES string of the molecule is CC(C#N)c1ccccc1-c1ccccc1N(C(=O)[O-])C(C)(C)C. The Morgan fingerprint density at radius 1 is 1.08 bits per heavy atom. The Bertz CT molecular complexity index is 785. The molecule has 24 heavy (non-hydrogen) atoms. The standard InChI is InChI=1S/C20H22N2O2/c1-14(13-21)15-9-5-6-10-16(15)17-11-7-8-12-18(17)22(19(23)24)20(2,3)4/h5-12,14H,1-4H3,(H,23,24)/p-1. The van der Waals surface area contributed by atoms with Crippen molar-refractivity contribution in [2.75, 3.05) is 4.90 Å². The minimum Gasteiger partial charge on any atom is -0.530 e. The van der Waals surface area contributed by atoms with Crippen LogP contribution in [-0.2, 0) is 0 Å². The van der Waals surface area contributed by atoms with Crippen LogP contribution in [0.25, 0.3) is 11.1 Å². The Morgan fingerprint density at radius 3 is 2.17 bits per heavy atom. The maximum Gasteiger partial charge on any atom is 0.142 e. The van der Waals surface area contributed by atoms with Crippen LogP contribution in [0.1, 0.15) is 39.2 Å². The molecule has 4 heteroatoms. The van der Waals surface area contributed by atoms with Crippen molar-refractivity contribution in [2.45, 2.75) is 39.2 Å². The Labute approximate surface area is 143 Å². The molecule has 1 unspecified atom stereocenters. The van der Waals surface area contributed by atoms with E-state index in [9.17, 15) is 15.2 Å². The van der Waals surface area contributed by atoms with E-state index in [1.54, 1.807) is 12.1 Å². The first-order valence-electron chi connectivity index (χ1n) is 7.86. The summed E-state index contributed by atoms with van der Waals surface area (Å²) in [6.07, 6.45) is -1.25. The average molecular weight is 321 g/mol. The van der Waals surface area contributed by atoms with Crippen molar-refractivity contribution in [1.82, 2.24) is 0 Å². The molecule has 0 N–H and O–H groups in total. The largest absolute Gasteiger partial charge is 0.530 e. The van der Waals surface area contributed by atoms with Gasteiger partial charge in [-0.25, -0.2) is 0 Å². The summed E-state index contributed by atoms with van der Waals surface area (Å²) in [6.45, 7) is 7.30. The van der Waals surface area contributed by atoms with Gasteiger partial charge in [-0.2, -0.15) is 5.26 Å². The van der Waals surface area contributed by atoms with E-state index in [1.807, 2.05) is 64.1 Å². The van der Waals surface area contributed by atoms with Gasteiger partial charge in [0.25, 0.3) is 0 Å². The molecule has 4 nitrogen and oxygen atoms in total. The van der Waals surface area contributed by atoms with Gasteiger partial charge in [0.1, 0.15) is 6.09 Å². The van der Waals surface area contributed by atoms with Crippen molar-refractivity contribution in [1.29, 1.82) is 5.26 Å². The number of benzene rings is 2. The zero-order valence-electron chi connectivity index (χ0n) is 14.4. The van der Waals surface area contributed by atoms with E-state index in [1.165, 1.54) is 4.90 Å². The first-order chi connectivity index (χ1) is 11.3. The molecule has 0 bridgehead atoms. The summed E-state index contributed by atoms with van der Waals surface area (Å²) in [4.78, 5) is 13.0. The Balaban J connectivity index is 2.72. The Hall–Kier alpha value is -2.80. The van der Waals surface area contributed by atoms with Crippen molar-refractivity contribution in [3.05, 3.63) is 54.1 Å². The topological polar surface area (TPSA) is 67.2 Å². The third-order valence-electron chi connectivity index (χ3n) is 3.91. The van der Waals surface area contributed by atoms with Crippen LogP contribution in [0, 0.1) is 11.3 Å². The zero-order valence-corrected chi connectivity index (χ0v) is 14.4. The van der Waals surface area contributed by atoms with Crippen molar-refractivity contribution in [2.24, 2.45) is 0 Å². The van der Waals surface area contributed by atoms with E-state index < -0.39 is 11.6 Å². The van der Waals surface area contributed by atoms with E-state index in [0.717, 1.165) is 16.7 Å². The van der Waals surface area contributed by atoms with E-state index in [4.69, 9.17) is 0 Å². The molecule has 0 heterocycles. The molecule has 1 atom stereocenters. The summed E-state index contributed by atoms with van der Waals surface area (Å²) in [5.74, 6) is -0.291. The van der Waals surface area contributed by atoms with Gasteiger partial charge >= 0.3 is 0 Å². The van der Waals surface area contributed by atoms with Crippen LogP contribution >= 0.6 is 0 Å². The van der Waals surface area contributed by atoms with Crippen molar-refractivity contribution >= 4 is 11.8 Å². The number of amides is 1. The van der Waals surface area contributed by atoms with Crippen LogP contribution in [-0.4, -0.2) is 11.6 Å². The van der Waals surface area contributed by atoms with Crippen LogP contribution in [0.3, 0.4) is 0 Å². The first kappa shape index (κ1) is 17.6. The summed E-state index contributed by atoms with van der Waals surface area (Å²) >= 11 is 0. The molecule has 124 valence electrons. The van der Waals surface area contributed by atoms with Crippen LogP contribution < -0.4 is 10.0 Å². The molecule has 0 aromatic heterocycles. The lowest BCUT2D eigenvalue weighted by Gasteiger charge is -2.39. The number of nitriles is 1. The van der Waals surface area contributed by atoms with E-state index in [0.29, 0.717) is 5.69 Å². The minimum atomic E-state index is -1.25. The van der Waals surface area contributed by atoms with Crippen LogP contribution in [0.15, 0.2) is 48.5 Å². The number of hydrogen-bond donors (Lipinski definition) is 0. The fourth-order valence-corrected chi connectivity index (χ4v) is 2.82. The second-order valence-electron chi connectivity index (χ2n) is 6.73. The number of nitrogens with zero attached hydrogens (tertiary/aromatic N) is 2. The molecule has 0 spiro atoms. The summed E-state index contributed by atoms with van der Waals surface area (Å²) in [5, 5.41) is 21.1. The molecule has 0 fully saturated rings. The summed E-state index contributed by atoms with van der Waals surface area (Å²) in [7, 11) is 0. The van der Waals surface area contributed by atoms with E-state index >= 15 is 0 Å². The lowest BCUT2D eigenvalue weighted by Crippen LogP contribution is -2.52. The summed E-state index contributed by atoms with van der Waals surface area (Å²) in [5.41, 5.74) is 2.42. The Morgan fingerprint density at radius 2 is 1.62 bits per heavy atom. The Kier molecular flexibility index (Phi) is 4.94. The second kappa shape index (κ2) is 6.76. The van der Waals surface area contributed by atoms with Gasteiger partial charge in [-0.1, -0.05) is 42.5 Å². The molecule has 2 aromatic rings. The van der Waals surface area contributed by atoms with Crippen molar-refractivity contribution in [3.63, 3.8) is 0 Å². The van der Waals surface area contributed by atoms with Gasteiger partial charge in [0, 0.05) is 11.1 Å². The second-order valence-corrected chi connectivity index (χ2v) is 6.73. The number of rotatable bonds is 3. The monoisotopic (exact) mass is 321 g/mol.